The summed E-state index contributed by atoms with van der Waals surface area (Å²) < 4.78 is 0. The minimum Gasteiger partial charge on any atom is -0.354 e. The van der Waals surface area contributed by atoms with Crippen LogP contribution in [0.15, 0.2) is 0 Å². The summed E-state index contributed by atoms with van der Waals surface area (Å²) in [6.07, 6.45) is 10.8. The molecule has 14 heteroatoms. The minimum absolute atomic E-state index is 0.0690. The van der Waals surface area contributed by atoms with Gasteiger partial charge in [-0.05, 0) is 182 Å². The number of aromatic nitrogens is 3. The number of hydrogen-bond donors (Lipinski definition) is 5. The van der Waals surface area contributed by atoms with E-state index in [1.807, 2.05) is 44.4 Å². The lowest BCUT2D eigenvalue weighted by Gasteiger charge is -2.50. The number of hydrogen-bond acceptors (Lipinski definition) is 12. The topological polar surface area (TPSA) is 146 Å². The maximum absolute atomic E-state index is 12.7. The van der Waals surface area contributed by atoms with Crippen LogP contribution in [0.1, 0.15) is 209 Å². The van der Waals surface area contributed by atoms with E-state index in [2.05, 4.69) is 166 Å². The van der Waals surface area contributed by atoms with E-state index in [-0.39, 0.29) is 45.0 Å². The molecule has 1 aromatic heterocycles. The fourth-order valence-electron chi connectivity index (χ4n) is 11.9. The lowest BCUT2D eigenvalue weighted by molar-refractivity contribution is -0.148. The molecule has 0 atom stereocenters. The molecular formula is C55H108N12O2. The number of rotatable bonds is 15. The number of aryl methyl sites for hydroxylation is 1. The van der Waals surface area contributed by atoms with Crippen LogP contribution in [0.5, 0.6) is 0 Å². The van der Waals surface area contributed by atoms with E-state index >= 15 is 0 Å². The van der Waals surface area contributed by atoms with Gasteiger partial charge in [-0.25, -0.2) is 0 Å². The maximum atomic E-state index is 12.7. The van der Waals surface area contributed by atoms with E-state index in [0.717, 1.165) is 44.1 Å². The van der Waals surface area contributed by atoms with Crippen molar-refractivity contribution in [2.24, 2.45) is 5.41 Å². The average molecular weight is 970 g/mol. The predicted molar refractivity (Wildman–Crippen MR) is 291 cm³/mol. The van der Waals surface area contributed by atoms with Crippen molar-refractivity contribution >= 4 is 23.7 Å². The van der Waals surface area contributed by atoms with Crippen LogP contribution in [0, 0.1) is 12.3 Å². The Balaban J connectivity index is 0.000000355. The molecule has 14 nitrogen and oxygen atoms in total. The molecule has 0 bridgehead atoms. The minimum atomic E-state index is -0.576. The maximum Gasteiger partial charge on any atom is 0.242 e. The fraction of sp³-hybridized carbons (Fsp3) is 0.909. The molecule has 0 radical (unpaired) electrons. The Morgan fingerprint density at radius 3 is 1.36 bits per heavy atom. The summed E-state index contributed by atoms with van der Waals surface area (Å²) in [4.78, 5) is 48.5. The first-order chi connectivity index (χ1) is 31.2. The monoisotopic (exact) mass is 969 g/mol. The summed E-state index contributed by atoms with van der Waals surface area (Å²) in [7, 11) is 2.33. The highest BCUT2D eigenvalue weighted by molar-refractivity contribution is 5.88. The van der Waals surface area contributed by atoms with Crippen LogP contribution < -0.4 is 31.5 Å². The average Bonchev–Trinajstić information content (AvgIpc) is 3.13. The molecule has 5 N–H and O–H groups in total. The zero-order valence-electron chi connectivity index (χ0n) is 48.9. The predicted octanol–water partition coefficient (Wildman–Crippen LogP) is 8.94. The molecule has 4 aliphatic rings. The van der Waals surface area contributed by atoms with E-state index in [0.29, 0.717) is 49.6 Å². The third-order valence-electron chi connectivity index (χ3n) is 14.2. The molecule has 0 saturated carbocycles. The number of carbonyl (C=O) groups excluding carboxylic acids is 2. The van der Waals surface area contributed by atoms with Gasteiger partial charge in [0.15, 0.2) is 0 Å². The number of carbonyl (C=O) groups is 2. The molecule has 0 unspecified atom stereocenters. The summed E-state index contributed by atoms with van der Waals surface area (Å²) in [5.74, 6) is 2.49. The molecule has 2 amide bonds. The van der Waals surface area contributed by atoms with Crippen LogP contribution in [0.3, 0.4) is 0 Å². The van der Waals surface area contributed by atoms with Crippen molar-refractivity contribution in [3.05, 3.63) is 5.82 Å². The van der Waals surface area contributed by atoms with Gasteiger partial charge in [0.1, 0.15) is 5.82 Å². The Morgan fingerprint density at radius 1 is 0.580 bits per heavy atom. The number of amides is 2. The molecule has 0 aliphatic carbocycles. The third-order valence-corrected chi connectivity index (χ3v) is 14.2. The quantitative estimate of drug-likeness (QED) is 0.107. The van der Waals surface area contributed by atoms with Crippen molar-refractivity contribution in [3.63, 3.8) is 0 Å². The van der Waals surface area contributed by atoms with Gasteiger partial charge in [-0.2, -0.15) is 15.0 Å². The lowest BCUT2D eigenvalue weighted by atomic mass is 9.79. The molecule has 1 aromatic rings. The van der Waals surface area contributed by atoms with E-state index in [4.69, 9.17) is 9.97 Å². The normalized spacial score (nSPS) is 23.7. The molecule has 0 aromatic carbocycles. The molecule has 5 heterocycles. The van der Waals surface area contributed by atoms with Crippen LogP contribution in [-0.2, 0) is 9.59 Å². The van der Waals surface area contributed by atoms with Gasteiger partial charge in [0, 0.05) is 84.6 Å². The Hall–Kier alpha value is -2.65. The van der Waals surface area contributed by atoms with Gasteiger partial charge in [-0.1, -0.05) is 47.0 Å². The number of unbranched alkanes of at least 4 members (excludes halogenated alkanes) is 3. The molecule has 400 valence electrons. The first-order valence-corrected chi connectivity index (χ1v) is 26.9. The molecule has 0 spiro atoms. The van der Waals surface area contributed by atoms with Crippen molar-refractivity contribution in [1.82, 2.24) is 50.9 Å². The van der Waals surface area contributed by atoms with Crippen molar-refractivity contribution in [3.8, 4) is 0 Å². The first-order valence-electron chi connectivity index (χ1n) is 26.9. The van der Waals surface area contributed by atoms with E-state index in [9.17, 15) is 9.59 Å². The molecule has 4 saturated heterocycles. The molecular weight excluding hydrogens is 861 g/mol. The van der Waals surface area contributed by atoms with Gasteiger partial charge in [0.2, 0.25) is 23.7 Å². The van der Waals surface area contributed by atoms with Crippen molar-refractivity contribution in [1.29, 1.82) is 0 Å². The number of piperidine rings is 2. The van der Waals surface area contributed by atoms with E-state index in [1.54, 1.807) is 0 Å². The SMILES string of the molecule is CC1(C)CN(CCN2CC(C)(C)NC(C)(C)C2=O)C(=O)C(C)(C)N1.CCC(C)(C)C.CCNc1nc(C)nc(N(CCCCCCN(C)C2CC(C)(C)NC(C)(C)C2)C2CC(C)(C)NC(C)(C)C2)n1. The Morgan fingerprint density at radius 2 is 0.971 bits per heavy atom. The Kier molecular flexibility index (Phi) is 20.3. The summed E-state index contributed by atoms with van der Waals surface area (Å²) in [6, 6.07) is 1.04. The molecule has 5 rings (SSSR count). The number of piperazine rings is 2. The van der Waals surface area contributed by atoms with Crippen LogP contribution in [-0.4, -0.2) is 151 Å². The highest BCUT2D eigenvalue weighted by atomic mass is 16.2. The number of nitrogens with one attached hydrogen (secondary N) is 5. The summed E-state index contributed by atoms with van der Waals surface area (Å²) in [5.41, 5.74) is -0.350. The standard InChI is InChI=1S/C31H60N8.C18H34N4O2.C6H14/c1-12-32-26-33-23(2)34-27(35-26)39(25-21-30(7,8)37-31(9,10)22-25)18-16-14-13-15-17-38(11)24-19-28(3,4)36-29(5,6)20-24;1-15(2)11-21(13(23)17(5,6)19-15)9-10-22-12-16(3,4)20-18(7,8)14(22)24;1-5-6(2,3)4/h24-25,36-37H,12-22H2,1-11H3,(H,32,33,34,35);19-20H,9-12H2,1-8H3;5H2,1-4H3. The zero-order chi connectivity index (χ0) is 52.8. The van der Waals surface area contributed by atoms with E-state index < -0.39 is 11.1 Å². The molecule has 4 fully saturated rings. The second kappa shape index (κ2) is 23.1. The van der Waals surface area contributed by atoms with E-state index in [1.165, 1.54) is 45.1 Å². The number of anilines is 2. The van der Waals surface area contributed by atoms with Crippen LogP contribution in [0.2, 0.25) is 0 Å². The second-order valence-corrected chi connectivity index (χ2v) is 27.7. The Bertz CT molecular complexity index is 1730. The largest absolute Gasteiger partial charge is 0.354 e. The fourth-order valence-corrected chi connectivity index (χ4v) is 11.9. The van der Waals surface area contributed by atoms with Crippen LogP contribution >= 0.6 is 0 Å². The van der Waals surface area contributed by atoms with Crippen molar-refractivity contribution in [2.75, 3.05) is 63.1 Å². The van der Waals surface area contributed by atoms with Crippen LogP contribution in [0.4, 0.5) is 11.9 Å². The van der Waals surface area contributed by atoms with Gasteiger partial charge in [0.25, 0.3) is 0 Å². The van der Waals surface area contributed by atoms with Gasteiger partial charge >= 0.3 is 0 Å². The van der Waals surface area contributed by atoms with Crippen LogP contribution in [0.25, 0.3) is 0 Å². The summed E-state index contributed by atoms with van der Waals surface area (Å²) in [6.45, 7) is 53.2. The highest BCUT2D eigenvalue weighted by Gasteiger charge is 2.46. The Labute approximate surface area is 423 Å². The third kappa shape index (κ3) is 19.7. The van der Waals surface area contributed by atoms with Crippen molar-refractivity contribution < 1.29 is 9.59 Å². The lowest BCUT2D eigenvalue weighted by Crippen LogP contribution is -2.72. The molecule has 4 aliphatic heterocycles. The smallest absolute Gasteiger partial charge is 0.242 e. The van der Waals surface area contributed by atoms with Gasteiger partial charge < -0.3 is 35.6 Å². The molecule has 69 heavy (non-hydrogen) atoms. The highest BCUT2D eigenvalue weighted by Crippen LogP contribution is 2.35. The number of nitrogens with zero attached hydrogens (tertiary/aromatic N) is 7. The van der Waals surface area contributed by atoms with Gasteiger partial charge in [-0.15, -0.1) is 0 Å². The van der Waals surface area contributed by atoms with Gasteiger partial charge in [0.05, 0.1) is 11.1 Å². The summed E-state index contributed by atoms with van der Waals surface area (Å²) in [5, 5.41) is 17.8. The first kappa shape index (κ1) is 60.7. The zero-order valence-corrected chi connectivity index (χ0v) is 48.9. The second-order valence-electron chi connectivity index (χ2n) is 27.7. The summed E-state index contributed by atoms with van der Waals surface area (Å²) >= 11 is 0. The van der Waals surface area contributed by atoms with Gasteiger partial charge in [-0.3, -0.25) is 20.2 Å². The van der Waals surface area contributed by atoms with Crippen molar-refractivity contribution in [2.45, 2.75) is 267 Å².